The number of halogens is 2. The summed E-state index contributed by atoms with van der Waals surface area (Å²) in [7, 11) is 1.76. The van der Waals surface area contributed by atoms with Gasteiger partial charge in [-0.15, -0.1) is 0 Å². The Morgan fingerprint density at radius 3 is 2.42 bits per heavy atom. The van der Waals surface area contributed by atoms with E-state index in [9.17, 15) is 0 Å². The summed E-state index contributed by atoms with van der Waals surface area (Å²) >= 11 is 12.1. The van der Waals surface area contributed by atoms with Crippen molar-refractivity contribution in [2.24, 2.45) is 0 Å². The van der Waals surface area contributed by atoms with Crippen LogP contribution in [0.4, 0.5) is 0 Å². The Balaban J connectivity index is 2.05. The first kappa shape index (κ1) is 13.0. The van der Waals surface area contributed by atoms with Gasteiger partial charge in [0.2, 0.25) is 0 Å². The molecule has 0 saturated carbocycles. The predicted molar refractivity (Wildman–Crippen MR) is 79.1 cm³/mol. The van der Waals surface area contributed by atoms with Crippen LogP contribution < -0.4 is 0 Å². The van der Waals surface area contributed by atoms with E-state index in [0.29, 0.717) is 16.0 Å². The number of rotatable bonds is 2. The molecule has 98 valence electrons. The zero-order chi connectivity index (χ0) is 13.4. The number of benzene rings is 2. The highest BCUT2D eigenvalue weighted by molar-refractivity contribution is 6.42. The van der Waals surface area contributed by atoms with E-state index in [2.05, 4.69) is 24.3 Å². The molecule has 2 aromatic carbocycles. The molecule has 0 aromatic heterocycles. The highest BCUT2D eigenvalue weighted by atomic mass is 35.5. The third-order valence-electron chi connectivity index (χ3n) is 3.80. The van der Waals surface area contributed by atoms with E-state index >= 15 is 0 Å². The molecule has 0 spiro atoms. The van der Waals surface area contributed by atoms with Crippen molar-refractivity contribution in [3.8, 4) is 0 Å². The Labute approximate surface area is 123 Å². The van der Waals surface area contributed by atoms with Gasteiger partial charge in [-0.25, -0.2) is 0 Å². The third-order valence-corrected chi connectivity index (χ3v) is 4.54. The highest BCUT2D eigenvalue weighted by Crippen LogP contribution is 2.46. The minimum absolute atomic E-state index is 0.163. The van der Waals surface area contributed by atoms with E-state index in [1.807, 2.05) is 18.2 Å². The first-order valence-electron chi connectivity index (χ1n) is 6.27. The summed E-state index contributed by atoms with van der Waals surface area (Å²) in [5.41, 5.74) is 3.80. The zero-order valence-electron chi connectivity index (χ0n) is 10.6. The van der Waals surface area contributed by atoms with Crippen LogP contribution in [0.25, 0.3) is 0 Å². The Bertz CT molecular complexity index is 609. The number of methoxy groups -OCH3 is 1. The average molecular weight is 293 g/mol. The van der Waals surface area contributed by atoms with Crippen LogP contribution in [0.2, 0.25) is 10.0 Å². The lowest BCUT2D eigenvalue weighted by Crippen LogP contribution is -1.97. The van der Waals surface area contributed by atoms with Crippen molar-refractivity contribution in [3.63, 3.8) is 0 Å². The van der Waals surface area contributed by atoms with E-state index in [0.717, 1.165) is 6.42 Å². The van der Waals surface area contributed by atoms with Gasteiger partial charge < -0.3 is 4.74 Å². The average Bonchev–Trinajstić information content (AvgIpc) is 2.81. The molecule has 0 amide bonds. The molecule has 0 saturated heterocycles. The Morgan fingerprint density at radius 2 is 1.74 bits per heavy atom. The van der Waals surface area contributed by atoms with E-state index in [-0.39, 0.29) is 6.10 Å². The minimum Gasteiger partial charge on any atom is -0.377 e. The summed E-state index contributed by atoms with van der Waals surface area (Å²) in [6.07, 6.45) is 1.11. The van der Waals surface area contributed by atoms with Gasteiger partial charge in [-0.2, -0.15) is 0 Å². The lowest BCUT2D eigenvalue weighted by atomic mass is 9.93. The van der Waals surface area contributed by atoms with Crippen LogP contribution in [0.3, 0.4) is 0 Å². The van der Waals surface area contributed by atoms with Crippen molar-refractivity contribution in [1.82, 2.24) is 0 Å². The molecule has 2 aromatic rings. The molecule has 0 N–H and O–H groups in total. The Kier molecular flexibility index (Phi) is 3.53. The lowest BCUT2D eigenvalue weighted by Gasteiger charge is -2.13. The van der Waals surface area contributed by atoms with Gasteiger partial charge in [-0.05, 0) is 35.2 Å². The van der Waals surface area contributed by atoms with Gasteiger partial charge in [-0.1, -0.05) is 53.5 Å². The third kappa shape index (κ3) is 2.27. The smallest absolute Gasteiger partial charge is 0.0833 e. The molecular formula is C16H14Cl2O. The summed E-state index contributed by atoms with van der Waals surface area (Å²) in [5, 5.41) is 1.21. The second-order valence-electron chi connectivity index (χ2n) is 4.82. The summed E-state index contributed by atoms with van der Waals surface area (Å²) in [6.45, 7) is 0. The predicted octanol–water partition coefficient (Wildman–Crippen LogP) is 5.22. The number of fused-ring (bicyclic) bond motifs is 1. The normalized spacial score (nSPS) is 21.4. The maximum absolute atomic E-state index is 6.13. The molecular weight excluding hydrogens is 279 g/mol. The largest absolute Gasteiger partial charge is 0.377 e. The first-order chi connectivity index (χ1) is 9.20. The number of ether oxygens (including phenoxy) is 1. The molecule has 3 heteroatoms. The van der Waals surface area contributed by atoms with Gasteiger partial charge in [0.15, 0.2) is 0 Å². The van der Waals surface area contributed by atoms with E-state index in [1.54, 1.807) is 7.11 Å². The van der Waals surface area contributed by atoms with Gasteiger partial charge in [0.25, 0.3) is 0 Å². The van der Waals surface area contributed by atoms with E-state index in [4.69, 9.17) is 27.9 Å². The molecule has 3 rings (SSSR count). The van der Waals surface area contributed by atoms with Crippen molar-refractivity contribution in [2.75, 3.05) is 7.11 Å². The summed E-state index contributed by atoms with van der Waals surface area (Å²) in [6, 6.07) is 14.3. The van der Waals surface area contributed by atoms with Gasteiger partial charge >= 0.3 is 0 Å². The topological polar surface area (TPSA) is 9.23 Å². The molecule has 0 unspecified atom stereocenters. The van der Waals surface area contributed by atoms with Crippen molar-refractivity contribution < 1.29 is 4.74 Å². The highest BCUT2D eigenvalue weighted by Gasteiger charge is 2.31. The Hall–Kier alpha value is -1.02. The lowest BCUT2D eigenvalue weighted by molar-refractivity contribution is 0.102. The van der Waals surface area contributed by atoms with Gasteiger partial charge in [-0.3, -0.25) is 0 Å². The van der Waals surface area contributed by atoms with Crippen LogP contribution in [0.1, 0.15) is 35.1 Å². The number of hydrogen-bond acceptors (Lipinski definition) is 1. The second-order valence-corrected chi connectivity index (χ2v) is 5.63. The maximum atomic E-state index is 6.13. The monoisotopic (exact) mass is 292 g/mol. The molecule has 1 aliphatic carbocycles. The maximum Gasteiger partial charge on any atom is 0.0833 e. The van der Waals surface area contributed by atoms with Crippen LogP contribution >= 0.6 is 23.2 Å². The number of hydrogen-bond donors (Lipinski definition) is 0. The molecule has 1 nitrogen and oxygen atoms in total. The first-order valence-corrected chi connectivity index (χ1v) is 7.03. The van der Waals surface area contributed by atoms with Gasteiger partial charge in [0.05, 0.1) is 16.1 Å². The molecule has 0 radical (unpaired) electrons. The summed E-state index contributed by atoms with van der Waals surface area (Å²) in [4.78, 5) is 0. The molecule has 1 aliphatic rings. The summed E-state index contributed by atoms with van der Waals surface area (Å²) in [5.74, 6) is 0.330. The Morgan fingerprint density at radius 1 is 1.00 bits per heavy atom. The van der Waals surface area contributed by atoms with Crippen LogP contribution in [0.5, 0.6) is 0 Å². The zero-order valence-corrected chi connectivity index (χ0v) is 12.1. The van der Waals surface area contributed by atoms with Crippen LogP contribution in [-0.2, 0) is 4.74 Å². The van der Waals surface area contributed by atoms with Crippen molar-refractivity contribution in [1.29, 1.82) is 0 Å². The SMILES string of the molecule is CO[C@@H]1C[C@@H](c2ccc(Cl)c(Cl)c2)c2ccccc21. The molecule has 2 atom stereocenters. The fraction of sp³-hybridized carbons (Fsp3) is 0.250. The van der Waals surface area contributed by atoms with Crippen LogP contribution in [0, 0.1) is 0 Å². The molecule has 0 aliphatic heterocycles. The molecule has 19 heavy (non-hydrogen) atoms. The van der Waals surface area contributed by atoms with E-state index < -0.39 is 0 Å². The standard InChI is InChI=1S/C16H14Cl2O/c1-19-16-9-13(11-4-2-3-5-12(11)16)10-6-7-14(17)15(18)8-10/h2-8,13,16H,9H2,1H3/t13-,16+/m0/s1. The second kappa shape index (κ2) is 5.16. The summed E-state index contributed by atoms with van der Waals surface area (Å²) < 4.78 is 5.58. The minimum atomic E-state index is 0.163. The van der Waals surface area contributed by atoms with Crippen LogP contribution in [0.15, 0.2) is 42.5 Å². The fourth-order valence-electron chi connectivity index (χ4n) is 2.86. The molecule has 0 heterocycles. The molecule has 0 fully saturated rings. The van der Waals surface area contributed by atoms with Gasteiger partial charge in [0, 0.05) is 13.0 Å². The van der Waals surface area contributed by atoms with Gasteiger partial charge in [0.1, 0.15) is 0 Å². The fourth-order valence-corrected chi connectivity index (χ4v) is 3.16. The van der Waals surface area contributed by atoms with Crippen molar-refractivity contribution in [2.45, 2.75) is 18.4 Å². The van der Waals surface area contributed by atoms with Crippen molar-refractivity contribution in [3.05, 3.63) is 69.2 Å². The molecule has 0 bridgehead atoms. The van der Waals surface area contributed by atoms with Crippen LogP contribution in [-0.4, -0.2) is 7.11 Å². The quantitative estimate of drug-likeness (QED) is 0.738. The van der Waals surface area contributed by atoms with E-state index in [1.165, 1.54) is 16.7 Å². The van der Waals surface area contributed by atoms with Crippen molar-refractivity contribution >= 4 is 23.2 Å².